The quantitative estimate of drug-likeness (QED) is 0.643. The van der Waals surface area contributed by atoms with Crippen molar-refractivity contribution in [3.8, 4) is 6.07 Å². The second kappa shape index (κ2) is 7.32. The number of benzene rings is 2. The predicted octanol–water partition coefficient (Wildman–Crippen LogP) is 1.97. The van der Waals surface area contributed by atoms with E-state index in [9.17, 15) is 19.2 Å². The molecule has 1 atom stereocenters. The Hall–Kier alpha value is -3.99. The summed E-state index contributed by atoms with van der Waals surface area (Å²) in [6.45, 7) is 1.40. The van der Waals surface area contributed by atoms with Gasteiger partial charge in [0, 0.05) is 12.7 Å². The summed E-state index contributed by atoms with van der Waals surface area (Å²) in [6.07, 6.45) is -1.12. The first-order valence-corrected chi connectivity index (χ1v) is 8.30. The van der Waals surface area contributed by atoms with Gasteiger partial charge >= 0.3 is 5.97 Å². The molecule has 1 aliphatic rings. The van der Waals surface area contributed by atoms with E-state index in [1.807, 2.05) is 6.07 Å². The molecule has 2 aromatic carbocycles. The molecule has 0 bridgehead atoms. The molecule has 1 N–H and O–H groups in total. The summed E-state index contributed by atoms with van der Waals surface area (Å²) in [5, 5.41) is 11.4. The number of anilines is 1. The van der Waals surface area contributed by atoms with Crippen LogP contribution >= 0.6 is 0 Å². The van der Waals surface area contributed by atoms with E-state index in [1.165, 1.54) is 38.2 Å². The lowest BCUT2D eigenvalue weighted by Gasteiger charge is -2.14. The molecule has 0 aromatic heterocycles. The highest BCUT2D eigenvalue weighted by molar-refractivity contribution is 6.21. The van der Waals surface area contributed by atoms with Gasteiger partial charge in [-0.1, -0.05) is 6.07 Å². The molecule has 0 aliphatic carbocycles. The zero-order valence-electron chi connectivity index (χ0n) is 15.1. The number of nitrogens with zero attached hydrogens (tertiary/aromatic N) is 2. The Morgan fingerprint density at radius 2 is 1.82 bits per heavy atom. The van der Waals surface area contributed by atoms with Crippen molar-refractivity contribution < 1.29 is 23.9 Å². The molecule has 3 amide bonds. The van der Waals surface area contributed by atoms with Crippen LogP contribution in [0.5, 0.6) is 0 Å². The van der Waals surface area contributed by atoms with Crippen LogP contribution in [0.4, 0.5) is 5.69 Å². The Bertz CT molecular complexity index is 1050. The maximum Gasteiger partial charge on any atom is 0.338 e. The summed E-state index contributed by atoms with van der Waals surface area (Å²) in [5.41, 5.74) is 1.17. The van der Waals surface area contributed by atoms with E-state index in [1.54, 1.807) is 18.2 Å². The summed E-state index contributed by atoms with van der Waals surface area (Å²) in [5.74, 6) is -2.31. The fourth-order valence-electron chi connectivity index (χ4n) is 2.68. The predicted molar refractivity (Wildman–Crippen MR) is 97.5 cm³/mol. The third kappa shape index (κ3) is 3.46. The van der Waals surface area contributed by atoms with Crippen molar-refractivity contribution in [2.75, 3.05) is 12.4 Å². The van der Waals surface area contributed by atoms with Crippen molar-refractivity contribution in [1.29, 1.82) is 5.26 Å². The summed E-state index contributed by atoms with van der Waals surface area (Å²) in [6, 6.07) is 12.3. The highest BCUT2D eigenvalue weighted by Gasteiger charge is 2.33. The van der Waals surface area contributed by atoms with Gasteiger partial charge in [-0.25, -0.2) is 4.79 Å². The minimum absolute atomic E-state index is 0.0568. The minimum atomic E-state index is -1.12. The number of amides is 3. The molecule has 28 heavy (non-hydrogen) atoms. The van der Waals surface area contributed by atoms with E-state index in [4.69, 9.17) is 10.00 Å². The van der Waals surface area contributed by atoms with Crippen LogP contribution in [0.2, 0.25) is 0 Å². The topological polar surface area (TPSA) is 117 Å². The van der Waals surface area contributed by atoms with Crippen LogP contribution in [-0.4, -0.2) is 41.7 Å². The average Bonchev–Trinajstić information content (AvgIpc) is 2.91. The lowest BCUT2D eigenvalue weighted by molar-refractivity contribution is -0.123. The van der Waals surface area contributed by atoms with Gasteiger partial charge in [-0.2, -0.15) is 5.26 Å². The molecule has 3 rings (SSSR count). The Labute approximate surface area is 160 Å². The van der Waals surface area contributed by atoms with Gasteiger partial charge in [0.25, 0.3) is 17.7 Å². The number of carbonyl (C=O) groups is 4. The van der Waals surface area contributed by atoms with Crippen molar-refractivity contribution in [1.82, 2.24) is 4.90 Å². The highest BCUT2D eigenvalue weighted by atomic mass is 16.5. The number of hydrogen-bond acceptors (Lipinski definition) is 6. The van der Waals surface area contributed by atoms with Gasteiger partial charge in [0.15, 0.2) is 6.10 Å². The third-order valence-corrected chi connectivity index (χ3v) is 4.24. The van der Waals surface area contributed by atoms with Crippen molar-refractivity contribution in [2.45, 2.75) is 13.0 Å². The molecule has 1 heterocycles. The van der Waals surface area contributed by atoms with Gasteiger partial charge in [0.2, 0.25) is 0 Å². The van der Waals surface area contributed by atoms with Crippen molar-refractivity contribution in [3.05, 3.63) is 64.7 Å². The maximum atomic E-state index is 12.3. The van der Waals surface area contributed by atoms with E-state index < -0.39 is 29.8 Å². The van der Waals surface area contributed by atoms with E-state index in [0.29, 0.717) is 11.3 Å². The van der Waals surface area contributed by atoms with E-state index in [2.05, 4.69) is 5.32 Å². The number of nitriles is 1. The van der Waals surface area contributed by atoms with Crippen LogP contribution in [-0.2, 0) is 9.53 Å². The monoisotopic (exact) mass is 377 g/mol. The fraction of sp³-hybridized carbons (Fsp3) is 0.150. The number of fused-ring (bicyclic) bond motifs is 1. The fourth-order valence-corrected chi connectivity index (χ4v) is 2.68. The number of esters is 1. The Morgan fingerprint density at radius 3 is 2.54 bits per heavy atom. The Balaban J connectivity index is 1.69. The SMILES string of the molecule is CC(OC(=O)c1ccc2c(c1)C(=O)N(C)C2=O)C(=O)Nc1cccc(C#N)c1. The van der Waals surface area contributed by atoms with Gasteiger partial charge in [0.1, 0.15) is 0 Å². The number of rotatable bonds is 4. The van der Waals surface area contributed by atoms with Crippen LogP contribution < -0.4 is 5.32 Å². The third-order valence-electron chi connectivity index (χ3n) is 4.24. The second-order valence-electron chi connectivity index (χ2n) is 6.16. The second-order valence-corrected chi connectivity index (χ2v) is 6.16. The van der Waals surface area contributed by atoms with Crippen LogP contribution in [0.3, 0.4) is 0 Å². The average molecular weight is 377 g/mol. The molecular formula is C20H15N3O5. The number of carbonyl (C=O) groups excluding carboxylic acids is 4. The lowest BCUT2D eigenvalue weighted by atomic mass is 10.1. The van der Waals surface area contributed by atoms with E-state index in [0.717, 1.165) is 4.90 Å². The van der Waals surface area contributed by atoms with Gasteiger partial charge in [-0.3, -0.25) is 19.3 Å². The molecule has 0 fully saturated rings. The molecule has 0 saturated heterocycles. The standard InChI is InChI=1S/C20H15N3O5/c1-11(17(24)22-14-5-3-4-12(8-14)10-21)28-20(27)13-6-7-15-16(9-13)19(26)23(2)18(15)25/h3-9,11H,1-2H3,(H,22,24). The largest absolute Gasteiger partial charge is 0.449 e. The van der Waals surface area contributed by atoms with Crippen molar-refractivity contribution in [3.63, 3.8) is 0 Å². The number of nitrogens with one attached hydrogen (secondary N) is 1. The van der Waals surface area contributed by atoms with Crippen LogP contribution in [0.25, 0.3) is 0 Å². The van der Waals surface area contributed by atoms with Crippen LogP contribution in [0.1, 0.15) is 43.6 Å². The van der Waals surface area contributed by atoms with Crippen molar-refractivity contribution in [2.24, 2.45) is 0 Å². The van der Waals surface area contributed by atoms with Gasteiger partial charge in [0.05, 0.1) is 28.3 Å². The molecule has 0 spiro atoms. The van der Waals surface area contributed by atoms with E-state index >= 15 is 0 Å². The Morgan fingerprint density at radius 1 is 1.11 bits per heavy atom. The summed E-state index contributed by atoms with van der Waals surface area (Å²) >= 11 is 0. The summed E-state index contributed by atoms with van der Waals surface area (Å²) in [4.78, 5) is 49.4. The zero-order valence-corrected chi connectivity index (χ0v) is 15.1. The van der Waals surface area contributed by atoms with Crippen LogP contribution in [0, 0.1) is 11.3 Å². The highest BCUT2D eigenvalue weighted by Crippen LogP contribution is 2.23. The molecule has 8 heteroatoms. The molecule has 0 saturated carbocycles. The van der Waals surface area contributed by atoms with Gasteiger partial charge in [-0.15, -0.1) is 0 Å². The first-order chi connectivity index (χ1) is 13.3. The van der Waals surface area contributed by atoms with E-state index in [-0.39, 0.29) is 16.7 Å². The minimum Gasteiger partial charge on any atom is -0.449 e. The van der Waals surface area contributed by atoms with Gasteiger partial charge < -0.3 is 10.1 Å². The van der Waals surface area contributed by atoms with Crippen molar-refractivity contribution >= 4 is 29.4 Å². The molecule has 140 valence electrons. The molecule has 2 aromatic rings. The Kier molecular flexibility index (Phi) is 4.92. The number of hydrogen-bond donors (Lipinski definition) is 1. The first-order valence-electron chi connectivity index (χ1n) is 8.30. The normalized spacial score (nSPS) is 13.5. The molecular weight excluding hydrogens is 362 g/mol. The molecule has 8 nitrogen and oxygen atoms in total. The first kappa shape index (κ1) is 18.8. The maximum absolute atomic E-state index is 12.3. The summed E-state index contributed by atoms with van der Waals surface area (Å²) in [7, 11) is 1.36. The molecule has 0 radical (unpaired) electrons. The molecule has 1 unspecified atom stereocenters. The summed E-state index contributed by atoms with van der Waals surface area (Å²) < 4.78 is 5.15. The lowest BCUT2D eigenvalue weighted by Crippen LogP contribution is -2.30. The molecule has 1 aliphatic heterocycles. The number of imide groups is 1. The zero-order chi connectivity index (χ0) is 20.4. The number of ether oxygens (including phenoxy) is 1. The van der Waals surface area contributed by atoms with Gasteiger partial charge in [-0.05, 0) is 43.3 Å². The smallest absolute Gasteiger partial charge is 0.338 e. The van der Waals surface area contributed by atoms with Crippen LogP contribution in [0.15, 0.2) is 42.5 Å².